The van der Waals surface area contributed by atoms with Gasteiger partial charge in [-0.25, -0.2) is 0 Å². The van der Waals surface area contributed by atoms with E-state index in [1.807, 2.05) is 7.05 Å². The Morgan fingerprint density at radius 1 is 1.38 bits per heavy atom. The van der Waals surface area contributed by atoms with Gasteiger partial charge >= 0.3 is 0 Å². The first-order valence-corrected chi connectivity index (χ1v) is 6.77. The van der Waals surface area contributed by atoms with E-state index in [1.165, 1.54) is 16.7 Å². The maximum atomic E-state index is 8.78. The molecule has 1 rings (SSSR count). The van der Waals surface area contributed by atoms with Crippen LogP contribution < -0.4 is 5.32 Å². The van der Waals surface area contributed by atoms with E-state index in [1.54, 1.807) is 11.8 Å². The van der Waals surface area contributed by atoms with Crippen molar-refractivity contribution in [3.8, 4) is 0 Å². The lowest BCUT2D eigenvalue weighted by Crippen LogP contribution is -2.20. The quantitative estimate of drug-likeness (QED) is 0.747. The number of aryl methyl sites for hydroxylation is 2. The fourth-order valence-electron chi connectivity index (χ4n) is 1.73. The van der Waals surface area contributed by atoms with E-state index in [2.05, 4.69) is 37.4 Å². The predicted octanol–water partition coefficient (Wildman–Crippen LogP) is 2.29. The van der Waals surface area contributed by atoms with Crippen LogP contribution in [0.2, 0.25) is 0 Å². The molecule has 16 heavy (non-hydrogen) atoms. The summed E-state index contributed by atoms with van der Waals surface area (Å²) in [6.45, 7) is 4.53. The van der Waals surface area contributed by atoms with E-state index in [-0.39, 0.29) is 6.61 Å². The molecule has 1 aromatic rings. The first-order valence-electron chi connectivity index (χ1n) is 5.62. The van der Waals surface area contributed by atoms with Crippen LogP contribution in [-0.4, -0.2) is 30.3 Å². The summed E-state index contributed by atoms with van der Waals surface area (Å²) in [5, 5.41) is 12.1. The van der Waals surface area contributed by atoms with Crippen molar-refractivity contribution in [3.63, 3.8) is 0 Å². The van der Waals surface area contributed by atoms with Gasteiger partial charge in [0.25, 0.3) is 0 Å². The molecule has 3 heteroatoms. The highest BCUT2D eigenvalue weighted by atomic mass is 32.2. The molecule has 0 aromatic heterocycles. The molecule has 0 radical (unpaired) electrons. The van der Waals surface area contributed by atoms with Gasteiger partial charge in [0.05, 0.1) is 6.61 Å². The lowest BCUT2D eigenvalue weighted by Gasteiger charge is -2.19. The molecule has 0 bridgehead atoms. The molecule has 1 aromatic carbocycles. The van der Waals surface area contributed by atoms with E-state index < -0.39 is 0 Å². The Kier molecular flexibility index (Phi) is 5.88. The van der Waals surface area contributed by atoms with Gasteiger partial charge in [-0.3, -0.25) is 0 Å². The van der Waals surface area contributed by atoms with Crippen molar-refractivity contribution in [1.29, 1.82) is 0 Å². The standard InChI is InChI=1S/C13H21NOS/c1-10-4-5-11(2)12(8-10)13(14-3)9-16-7-6-15/h4-5,8,13-15H,6-7,9H2,1-3H3. The summed E-state index contributed by atoms with van der Waals surface area (Å²) in [6, 6.07) is 6.94. The van der Waals surface area contributed by atoms with Crippen molar-refractivity contribution in [2.45, 2.75) is 19.9 Å². The number of aliphatic hydroxyl groups excluding tert-OH is 1. The van der Waals surface area contributed by atoms with Gasteiger partial charge < -0.3 is 10.4 Å². The highest BCUT2D eigenvalue weighted by Crippen LogP contribution is 2.22. The summed E-state index contributed by atoms with van der Waals surface area (Å²) in [5.41, 5.74) is 4.00. The van der Waals surface area contributed by atoms with Gasteiger partial charge in [0, 0.05) is 17.5 Å². The summed E-state index contributed by atoms with van der Waals surface area (Å²) in [4.78, 5) is 0. The zero-order valence-corrected chi connectivity index (χ0v) is 11.1. The third kappa shape index (κ3) is 3.81. The van der Waals surface area contributed by atoms with Crippen molar-refractivity contribution in [3.05, 3.63) is 34.9 Å². The smallest absolute Gasteiger partial charge is 0.0521 e. The minimum absolute atomic E-state index is 0.258. The van der Waals surface area contributed by atoms with Crippen LogP contribution in [0.1, 0.15) is 22.7 Å². The van der Waals surface area contributed by atoms with E-state index in [0.29, 0.717) is 6.04 Å². The van der Waals surface area contributed by atoms with Crippen molar-refractivity contribution in [2.24, 2.45) is 0 Å². The van der Waals surface area contributed by atoms with Crippen LogP contribution in [0.3, 0.4) is 0 Å². The Balaban J connectivity index is 2.73. The average Bonchev–Trinajstić information content (AvgIpc) is 2.28. The zero-order valence-electron chi connectivity index (χ0n) is 10.3. The first-order chi connectivity index (χ1) is 7.69. The van der Waals surface area contributed by atoms with Gasteiger partial charge in [-0.15, -0.1) is 0 Å². The number of aliphatic hydroxyl groups is 1. The topological polar surface area (TPSA) is 32.3 Å². The largest absolute Gasteiger partial charge is 0.396 e. The van der Waals surface area contributed by atoms with E-state index >= 15 is 0 Å². The van der Waals surface area contributed by atoms with Gasteiger partial charge in [-0.1, -0.05) is 23.8 Å². The maximum absolute atomic E-state index is 8.78. The van der Waals surface area contributed by atoms with Crippen LogP contribution in [0.5, 0.6) is 0 Å². The Morgan fingerprint density at radius 2 is 2.12 bits per heavy atom. The second-order valence-corrected chi connectivity index (χ2v) is 5.15. The third-order valence-electron chi connectivity index (χ3n) is 2.68. The Labute approximate surface area is 102 Å². The molecule has 2 nitrogen and oxygen atoms in total. The van der Waals surface area contributed by atoms with Gasteiger partial charge in [-0.2, -0.15) is 11.8 Å². The lowest BCUT2D eigenvalue weighted by atomic mass is 10.0. The molecule has 0 saturated heterocycles. The number of benzene rings is 1. The van der Waals surface area contributed by atoms with Crippen molar-refractivity contribution >= 4 is 11.8 Å². The van der Waals surface area contributed by atoms with Crippen LogP contribution in [0.15, 0.2) is 18.2 Å². The number of nitrogens with one attached hydrogen (secondary N) is 1. The fraction of sp³-hybridized carbons (Fsp3) is 0.538. The number of rotatable bonds is 6. The highest BCUT2D eigenvalue weighted by Gasteiger charge is 2.11. The normalized spacial score (nSPS) is 12.8. The molecule has 2 N–H and O–H groups in total. The van der Waals surface area contributed by atoms with Crippen LogP contribution in [-0.2, 0) is 0 Å². The SMILES string of the molecule is CNC(CSCCO)c1cc(C)ccc1C. The summed E-state index contributed by atoms with van der Waals surface area (Å²) in [7, 11) is 1.99. The van der Waals surface area contributed by atoms with Crippen LogP contribution in [0.4, 0.5) is 0 Å². The maximum Gasteiger partial charge on any atom is 0.0521 e. The molecule has 0 spiro atoms. The lowest BCUT2D eigenvalue weighted by molar-refractivity contribution is 0.322. The minimum Gasteiger partial charge on any atom is -0.396 e. The van der Waals surface area contributed by atoms with Crippen LogP contribution in [0.25, 0.3) is 0 Å². The Hall–Kier alpha value is -0.510. The minimum atomic E-state index is 0.258. The first kappa shape index (κ1) is 13.6. The van der Waals surface area contributed by atoms with Crippen molar-refractivity contribution < 1.29 is 5.11 Å². The zero-order chi connectivity index (χ0) is 12.0. The number of thioether (sulfide) groups is 1. The fourth-order valence-corrected chi connectivity index (χ4v) is 2.61. The van der Waals surface area contributed by atoms with Gasteiger partial charge in [-0.05, 0) is 32.0 Å². The molecule has 0 aliphatic rings. The summed E-state index contributed by atoms with van der Waals surface area (Å²) < 4.78 is 0. The molecule has 1 atom stereocenters. The molecule has 1 unspecified atom stereocenters. The molecular formula is C13H21NOS. The Morgan fingerprint density at radius 3 is 2.75 bits per heavy atom. The number of hydrogen-bond donors (Lipinski definition) is 2. The Bertz CT molecular complexity index is 328. The predicted molar refractivity (Wildman–Crippen MR) is 72.1 cm³/mol. The van der Waals surface area contributed by atoms with Crippen LogP contribution in [0, 0.1) is 13.8 Å². The summed E-state index contributed by atoms with van der Waals surface area (Å²) in [5.74, 6) is 1.81. The second-order valence-electron chi connectivity index (χ2n) is 4.00. The molecule has 0 heterocycles. The molecule has 0 fully saturated rings. The average molecular weight is 239 g/mol. The summed E-state index contributed by atoms with van der Waals surface area (Å²) in [6.07, 6.45) is 0. The third-order valence-corrected chi connectivity index (χ3v) is 3.72. The molecule has 0 amide bonds. The van der Waals surface area contributed by atoms with Crippen molar-refractivity contribution in [2.75, 3.05) is 25.2 Å². The van der Waals surface area contributed by atoms with Gasteiger partial charge in [0.15, 0.2) is 0 Å². The molecule has 90 valence electrons. The monoisotopic (exact) mass is 239 g/mol. The highest BCUT2D eigenvalue weighted by molar-refractivity contribution is 7.99. The van der Waals surface area contributed by atoms with E-state index in [0.717, 1.165) is 11.5 Å². The molecular weight excluding hydrogens is 218 g/mol. The molecule has 0 aliphatic carbocycles. The van der Waals surface area contributed by atoms with E-state index in [4.69, 9.17) is 5.11 Å². The molecule has 0 aliphatic heterocycles. The van der Waals surface area contributed by atoms with Crippen LogP contribution >= 0.6 is 11.8 Å². The number of hydrogen-bond acceptors (Lipinski definition) is 3. The molecule has 0 saturated carbocycles. The summed E-state index contributed by atoms with van der Waals surface area (Å²) >= 11 is 1.78. The van der Waals surface area contributed by atoms with E-state index in [9.17, 15) is 0 Å². The van der Waals surface area contributed by atoms with Crippen molar-refractivity contribution in [1.82, 2.24) is 5.32 Å². The van der Waals surface area contributed by atoms with Gasteiger partial charge in [0.2, 0.25) is 0 Å². The van der Waals surface area contributed by atoms with Gasteiger partial charge in [0.1, 0.15) is 0 Å². The second kappa shape index (κ2) is 6.94.